The number of carbonyl (C=O) groups is 1. The second-order valence-electron chi connectivity index (χ2n) is 5.01. The van der Waals surface area contributed by atoms with Crippen LogP contribution in [0.15, 0.2) is 35.5 Å². The summed E-state index contributed by atoms with van der Waals surface area (Å²) in [5.74, 6) is -1.54. The van der Waals surface area contributed by atoms with Crippen LogP contribution in [0.4, 0.5) is 14.5 Å². The number of nitrogens with zero attached hydrogens (tertiary/aromatic N) is 2. The van der Waals surface area contributed by atoms with Gasteiger partial charge < -0.3 is 4.90 Å². The Labute approximate surface area is 131 Å². The van der Waals surface area contributed by atoms with Gasteiger partial charge in [0, 0.05) is 24.4 Å². The van der Waals surface area contributed by atoms with E-state index in [1.54, 1.807) is 18.3 Å². The van der Waals surface area contributed by atoms with Gasteiger partial charge in [-0.1, -0.05) is 0 Å². The molecule has 22 heavy (non-hydrogen) atoms. The molecule has 0 spiro atoms. The lowest BCUT2D eigenvalue weighted by Gasteiger charge is -2.30. The minimum atomic E-state index is -0.674. The molecule has 2 heterocycles. The average molecular weight is 320 g/mol. The molecule has 1 aromatic heterocycles. The first kappa shape index (κ1) is 15.0. The van der Waals surface area contributed by atoms with Gasteiger partial charge in [0.15, 0.2) is 0 Å². The third-order valence-electron chi connectivity index (χ3n) is 3.68. The summed E-state index contributed by atoms with van der Waals surface area (Å²) in [7, 11) is 0. The monoisotopic (exact) mass is 320 g/mol. The van der Waals surface area contributed by atoms with Gasteiger partial charge in [0.1, 0.15) is 16.7 Å². The number of anilines is 1. The number of hydrogen-bond acceptors (Lipinski definition) is 3. The molecule has 0 saturated carbocycles. The van der Waals surface area contributed by atoms with Crippen LogP contribution in [-0.2, 0) is 6.42 Å². The number of halogens is 2. The molecule has 2 aromatic rings. The molecular weight excluding hydrogens is 306 g/mol. The van der Waals surface area contributed by atoms with Crippen molar-refractivity contribution in [3.05, 3.63) is 53.2 Å². The highest BCUT2D eigenvalue weighted by molar-refractivity contribution is 7.98. The van der Waals surface area contributed by atoms with Gasteiger partial charge in [0.05, 0.1) is 11.3 Å². The lowest BCUT2D eigenvalue weighted by molar-refractivity contribution is 0.0981. The predicted molar refractivity (Wildman–Crippen MR) is 82.4 cm³/mol. The fourth-order valence-corrected chi connectivity index (χ4v) is 3.23. The number of aromatic nitrogens is 1. The number of fused-ring (bicyclic) bond motifs is 1. The zero-order chi connectivity index (χ0) is 15.7. The predicted octanol–water partition coefficient (Wildman–Crippen LogP) is 3.67. The Bertz CT molecular complexity index is 736. The highest BCUT2D eigenvalue weighted by Gasteiger charge is 2.27. The normalized spacial score (nSPS) is 13.9. The molecular formula is C16H14F2N2OS. The molecule has 1 aliphatic rings. The summed E-state index contributed by atoms with van der Waals surface area (Å²) < 4.78 is 27.5. The first-order valence-electron chi connectivity index (χ1n) is 6.90. The van der Waals surface area contributed by atoms with Gasteiger partial charge in [-0.25, -0.2) is 13.8 Å². The van der Waals surface area contributed by atoms with Crippen LogP contribution in [0.1, 0.15) is 22.3 Å². The third-order valence-corrected chi connectivity index (χ3v) is 4.39. The molecule has 1 aromatic carbocycles. The Morgan fingerprint density at radius 2 is 2.18 bits per heavy atom. The number of pyridine rings is 1. The van der Waals surface area contributed by atoms with E-state index in [4.69, 9.17) is 0 Å². The highest BCUT2D eigenvalue weighted by Crippen LogP contribution is 2.32. The van der Waals surface area contributed by atoms with Crippen LogP contribution in [0.3, 0.4) is 0 Å². The second kappa shape index (κ2) is 6.04. The Kier molecular flexibility index (Phi) is 4.11. The quantitative estimate of drug-likeness (QED) is 0.792. The summed E-state index contributed by atoms with van der Waals surface area (Å²) in [6, 6.07) is 5.46. The fraction of sp³-hybridized carbons (Fsp3) is 0.250. The summed E-state index contributed by atoms with van der Waals surface area (Å²) in [4.78, 5) is 18.4. The smallest absolute Gasteiger partial charge is 0.261 e. The number of benzene rings is 1. The van der Waals surface area contributed by atoms with Gasteiger partial charge in [-0.3, -0.25) is 4.79 Å². The standard InChI is InChI=1S/C16H14F2N2OS/c1-22-15-12(4-2-6-19-15)16(21)20-7-3-5-11-13(18)8-10(17)9-14(11)20/h2,4,6,8-9H,3,5,7H2,1H3. The maximum absolute atomic E-state index is 13.9. The van der Waals surface area contributed by atoms with Crippen molar-refractivity contribution in [1.82, 2.24) is 4.98 Å². The lowest BCUT2D eigenvalue weighted by atomic mass is 10.00. The molecule has 6 heteroatoms. The summed E-state index contributed by atoms with van der Waals surface area (Å²) in [5.41, 5.74) is 1.17. The molecule has 3 nitrogen and oxygen atoms in total. The van der Waals surface area contributed by atoms with Crippen molar-refractivity contribution in [3.63, 3.8) is 0 Å². The van der Waals surface area contributed by atoms with E-state index in [2.05, 4.69) is 4.98 Å². The van der Waals surface area contributed by atoms with Crippen LogP contribution in [0.5, 0.6) is 0 Å². The first-order chi connectivity index (χ1) is 10.6. The first-order valence-corrected chi connectivity index (χ1v) is 8.13. The van der Waals surface area contributed by atoms with Crippen LogP contribution in [0, 0.1) is 11.6 Å². The van der Waals surface area contributed by atoms with E-state index in [1.165, 1.54) is 22.7 Å². The molecule has 0 saturated heterocycles. The zero-order valence-corrected chi connectivity index (χ0v) is 12.8. The van der Waals surface area contributed by atoms with Crippen LogP contribution in [0.2, 0.25) is 0 Å². The molecule has 0 atom stereocenters. The van der Waals surface area contributed by atoms with Gasteiger partial charge >= 0.3 is 0 Å². The van der Waals surface area contributed by atoms with E-state index in [0.29, 0.717) is 41.2 Å². The SMILES string of the molecule is CSc1ncccc1C(=O)N1CCCc2c(F)cc(F)cc21. The van der Waals surface area contributed by atoms with Crippen molar-refractivity contribution < 1.29 is 13.6 Å². The Hall–Kier alpha value is -1.95. The third kappa shape index (κ3) is 2.59. The summed E-state index contributed by atoms with van der Waals surface area (Å²) in [6.45, 7) is 0.442. The van der Waals surface area contributed by atoms with E-state index in [9.17, 15) is 13.6 Å². The summed E-state index contributed by atoms with van der Waals surface area (Å²) in [5, 5.41) is 0.608. The van der Waals surface area contributed by atoms with Crippen LogP contribution in [-0.4, -0.2) is 23.7 Å². The average Bonchev–Trinajstić information content (AvgIpc) is 2.53. The molecule has 0 N–H and O–H groups in total. The molecule has 1 aliphatic heterocycles. The minimum Gasteiger partial charge on any atom is -0.308 e. The summed E-state index contributed by atoms with van der Waals surface area (Å²) in [6.07, 6.45) is 4.61. The van der Waals surface area contributed by atoms with Crippen molar-refractivity contribution in [2.45, 2.75) is 17.9 Å². The highest BCUT2D eigenvalue weighted by atomic mass is 32.2. The molecule has 0 bridgehead atoms. The Balaban J connectivity index is 2.06. The maximum atomic E-state index is 13.9. The topological polar surface area (TPSA) is 33.2 Å². The molecule has 1 amide bonds. The molecule has 0 radical (unpaired) electrons. The van der Waals surface area contributed by atoms with Crippen molar-refractivity contribution in [1.29, 1.82) is 0 Å². The van der Waals surface area contributed by atoms with E-state index in [1.807, 2.05) is 6.26 Å². The molecule has 0 aliphatic carbocycles. The van der Waals surface area contributed by atoms with Crippen LogP contribution >= 0.6 is 11.8 Å². The fourth-order valence-electron chi connectivity index (χ4n) is 2.69. The molecule has 114 valence electrons. The number of carbonyl (C=O) groups excluding carboxylic acids is 1. The van der Waals surface area contributed by atoms with Crippen molar-refractivity contribution in [2.24, 2.45) is 0 Å². The zero-order valence-electron chi connectivity index (χ0n) is 12.0. The van der Waals surface area contributed by atoms with Gasteiger partial charge in [-0.05, 0) is 37.3 Å². The van der Waals surface area contributed by atoms with E-state index in [0.717, 1.165) is 6.07 Å². The summed E-state index contributed by atoms with van der Waals surface area (Å²) >= 11 is 1.37. The Morgan fingerprint density at radius 3 is 2.95 bits per heavy atom. The number of amides is 1. The number of rotatable bonds is 2. The van der Waals surface area contributed by atoms with Crippen molar-refractivity contribution in [2.75, 3.05) is 17.7 Å². The second-order valence-corrected chi connectivity index (χ2v) is 5.80. The molecule has 0 fully saturated rings. The number of hydrogen-bond donors (Lipinski definition) is 0. The van der Waals surface area contributed by atoms with Gasteiger partial charge in [-0.15, -0.1) is 11.8 Å². The molecule has 3 rings (SSSR count). The maximum Gasteiger partial charge on any atom is 0.261 e. The van der Waals surface area contributed by atoms with Crippen LogP contribution in [0.25, 0.3) is 0 Å². The van der Waals surface area contributed by atoms with E-state index >= 15 is 0 Å². The van der Waals surface area contributed by atoms with Crippen molar-refractivity contribution >= 4 is 23.4 Å². The largest absolute Gasteiger partial charge is 0.308 e. The van der Waals surface area contributed by atoms with Gasteiger partial charge in [0.25, 0.3) is 5.91 Å². The molecule has 0 unspecified atom stereocenters. The minimum absolute atomic E-state index is 0.275. The van der Waals surface area contributed by atoms with E-state index < -0.39 is 11.6 Å². The lowest BCUT2D eigenvalue weighted by Crippen LogP contribution is -2.36. The van der Waals surface area contributed by atoms with Crippen LogP contribution < -0.4 is 4.90 Å². The van der Waals surface area contributed by atoms with Gasteiger partial charge in [-0.2, -0.15) is 0 Å². The number of thioether (sulfide) groups is 1. The Morgan fingerprint density at radius 1 is 1.36 bits per heavy atom. The van der Waals surface area contributed by atoms with Gasteiger partial charge in [0.2, 0.25) is 0 Å². The van der Waals surface area contributed by atoms with Crippen molar-refractivity contribution in [3.8, 4) is 0 Å². The van der Waals surface area contributed by atoms with E-state index in [-0.39, 0.29) is 5.91 Å².